The molecule has 90 valence electrons. The van der Waals surface area contributed by atoms with Gasteiger partial charge in [0.25, 0.3) is 0 Å². The molecule has 0 radical (unpaired) electrons. The lowest BCUT2D eigenvalue weighted by atomic mass is 9.95. The van der Waals surface area contributed by atoms with Gasteiger partial charge < -0.3 is 5.32 Å². The largest absolute Gasteiger partial charge is 0.351 e. The Bertz CT molecular complexity index is 262. The van der Waals surface area contributed by atoms with Gasteiger partial charge in [0.15, 0.2) is 0 Å². The number of thioether (sulfide) groups is 1. The maximum Gasteiger partial charge on any atom is 0.234 e. The maximum atomic E-state index is 11.6. The average molecular weight is 240 g/mol. The van der Waals surface area contributed by atoms with Gasteiger partial charge in [0.2, 0.25) is 5.91 Å². The molecular weight excluding hydrogens is 220 g/mol. The van der Waals surface area contributed by atoms with Crippen LogP contribution >= 0.6 is 11.8 Å². The summed E-state index contributed by atoms with van der Waals surface area (Å²) in [4.78, 5) is 11.6. The highest BCUT2D eigenvalue weighted by Gasteiger charge is 2.25. The van der Waals surface area contributed by atoms with Gasteiger partial charge in [0, 0.05) is 11.3 Å². The smallest absolute Gasteiger partial charge is 0.234 e. The molecule has 1 aliphatic carbocycles. The fourth-order valence-electron chi connectivity index (χ4n) is 2.05. The second-order valence-electron chi connectivity index (χ2n) is 4.04. The summed E-state index contributed by atoms with van der Waals surface area (Å²) >= 11 is 1.86. The summed E-state index contributed by atoms with van der Waals surface area (Å²) in [6.07, 6.45) is 12.0. The second kappa shape index (κ2) is 7.59. The summed E-state index contributed by atoms with van der Waals surface area (Å²) in [5.41, 5.74) is 0. The first-order valence-corrected chi connectivity index (χ1v) is 7.03. The number of hydrogen-bond donors (Lipinski definition) is 2. The molecule has 1 amide bonds. The molecule has 0 aromatic rings. The lowest BCUT2D eigenvalue weighted by molar-refractivity contribution is -0.121. The van der Waals surface area contributed by atoms with E-state index in [-0.39, 0.29) is 5.91 Å². The van der Waals surface area contributed by atoms with Crippen LogP contribution in [-0.4, -0.2) is 36.5 Å². The third-order valence-electron chi connectivity index (χ3n) is 2.86. The van der Waals surface area contributed by atoms with E-state index in [2.05, 4.69) is 22.8 Å². The van der Waals surface area contributed by atoms with Crippen LogP contribution in [0.5, 0.6) is 0 Å². The molecule has 16 heavy (non-hydrogen) atoms. The Morgan fingerprint density at radius 2 is 2.25 bits per heavy atom. The molecule has 3 nitrogen and oxygen atoms in total. The zero-order chi connectivity index (χ0) is 11.8. The lowest BCUT2D eigenvalue weighted by Crippen LogP contribution is -2.46. The van der Waals surface area contributed by atoms with Crippen LogP contribution in [0.1, 0.15) is 25.7 Å². The van der Waals surface area contributed by atoms with Gasteiger partial charge in [-0.2, -0.15) is 11.8 Å². The molecule has 0 bridgehead atoms. The molecule has 0 aromatic heterocycles. The van der Waals surface area contributed by atoms with Crippen molar-refractivity contribution >= 4 is 17.7 Å². The Hall–Kier alpha value is -0.660. The van der Waals surface area contributed by atoms with E-state index >= 15 is 0 Å². The summed E-state index contributed by atoms with van der Waals surface area (Å²) in [6.45, 7) is 0.770. The quantitative estimate of drug-likeness (QED) is 0.556. The van der Waals surface area contributed by atoms with Crippen LogP contribution in [-0.2, 0) is 4.79 Å². The van der Waals surface area contributed by atoms with E-state index in [1.807, 2.05) is 11.8 Å². The number of hydrogen-bond acceptors (Lipinski definition) is 3. The molecule has 0 saturated heterocycles. The zero-order valence-corrected chi connectivity index (χ0v) is 10.6. The standard InChI is InChI=1S/C12H20N2OS/c1-3-8-13-9-12(15)14-10-6-4-5-7-11(10)16-2/h1,10-11,13H,4-9H2,2H3,(H,14,15). The Morgan fingerprint density at radius 3 is 2.94 bits per heavy atom. The molecule has 0 aromatic carbocycles. The van der Waals surface area contributed by atoms with Crippen molar-refractivity contribution in [2.75, 3.05) is 19.3 Å². The fraction of sp³-hybridized carbons (Fsp3) is 0.750. The molecule has 1 aliphatic rings. The number of terminal acetylenes is 1. The first-order chi connectivity index (χ1) is 7.77. The second-order valence-corrected chi connectivity index (χ2v) is 5.12. The van der Waals surface area contributed by atoms with Gasteiger partial charge in [-0.15, -0.1) is 6.42 Å². The van der Waals surface area contributed by atoms with Crippen molar-refractivity contribution in [1.82, 2.24) is 10.6 Å². The SMILES string of the molecule is C#CCNCC(=O)NC1CCCCC1SC. The normalized spacial score (nSPS) is 24.8. The summed E-state index contributed by atoms with van der Waals surface area (Å²) in [7, 11) is 0. The minimum Gasteiger partial charge on any atom is -0.351 e. The molecule has 1 fully saturated rings. The Morgan fingerprint density at radius 1 is 1.50 bits per heavy atom. The van der Waals surface area contributed by atoms with E-state index in [0.29, 0.717) is 24.4 Å². The minimum atomic E-state index is 0.0567. The van der Waals surface area contributed by atoms with E-state index in [0.717, 1.165) is 6.42 Å². The Kier molecular flexibility index (Phi) is 6.36. The van der Waals surface area contributed by atoms with Crippen molar-refractivity contribution in [3.8, 4) is 12.3 Å². The fourth-order valence-corrected chi connectivity index (χ4v) is 2.99. The van der Waals surface area contributed by atoms with Gasteiger partial charge in [0.05, 0.1) is 13.1 Å². The van der Waals surface area contributed by atoms with Crippen LogP contribution in [0, 0.1) is 12.3 Å². The van der Waals surface area contributed by atoms with Crippen LogP contribution in [0.4, 0.5) is 0 Å². The maximum absolute atomic E-state index is 11.6. The zero-order valence-electron chi connectivity index (χ0n) is 9.79. The average Bonchev–Trinajstić information content (AvgIpc) is 2.30. The van der Waals surface area contributed by atoms with Crippen LogP contribution in [0.3, 0.4) is 0 Å². The van der Waals surface area contributed by atoms with Gasteiger partial charge >= 0.3 is 0 Å². The summed E-state index contributed by atoms with van der Waals surface area (Å²) < 4.78 is 0. The first-order valence-electron chi connectivity index (χ1n) is 5.74. The molecule has 0 spiro atoms. The van der Waals surface area contributed by atoms with Crippen molar-refractivity contribution in [3.63, 3.8) is 0 Å². The monoisotopic (exact) mass is 240 g/mol. The van der Waals surface area contributed by atoms with Crippen molar-refractivity contribution < 1.29 is 4.79 Å². The molecule has 0 heterocycles. The van der Waals surface area contributed by atoms with E-state index < -0.39 is 0 Å². The highest BCUT2D eigenvalue weighted by atomic mass is 32.2. The Balaban J connectivity index is 2.28. The molecule has 2 N–H and O–H groups in total. The van der Waals surface area contributed by atoms with Crippen molar-refractivity contribution in [2.24, 2.45) is 0 Å². The topological polar surface area (TPSA) is 41.1 Å². The third kappa shape index (κ3) is 4.46. The number of nitrogens with one attached hydrogen (secondary N) is 2. The van der Waals surface area contributed by atoms with Crippen LogP contribution in [0.2, 0.25) is 0 Å². The van der Waals surface area contributed by atoms with Gasteiger partial charge in [0.1, 0.15) is 0 Å². The molecule has 2 atom stereocenters. The van der Waals surface area contributed by atoms with E-state index in [1.165, 1.54) is 19.3 Å². The summed E-state index contributed by atoms with van der Waals surface area (Å²) in [6, 6.07) is 0.337. The third-order valence-corrected chi connectivity index (χ3v) is 4.03. The molecular formula is C12H20N2OS. The number of amides is 1. The van der Waals surface area contributed by atoms with E-state index in [1.54, 1.807) is 0 Å². The van der Waals surface area contributed by atoms with Crippen LogP contribution in [0.25, 0.3) is 0 Å². The highest BCUT2D eigenvalue weighted by Crippen LogP contribution is 2.26. The van der Waals surface area contributed by atoms with E-state index in [9.17, 15) is 4.79 Å². The predicted octanol–water partition coefficient (Wildman–Crippen LogP) is 1.000. The van der Waals surface area contributed by atoms with Crippen molar-refractivity contribution in [1.29, 1.82) is 0 Å². The minimum absolute atomic E-state index is 0.0567. The number of carbonyl (C=O) groups is 1. The van der Waals surface area contributed by atoms with Crippen LogP contribution < -0.4 is 10.6 Å². The highest BCUT2D eigenvalue weighted by molar-refractivity contribution is 7.99. The Labute approximate surface area is 102 Å². The molecule has 4 heteroatoms. The summed E-state index contributed by atoms with van der Waals surface area (Å²) in [5.74, 6) is 2.51. The molecule has 0 aliphatic heterocycles. The van der Waals surface area contributed by atoms with Gasteiger partial charge in [-0.25, -0.2) is 0 Å². The molecule has 2 unspecified atom stereocenters. The van der Waals surface area contributed by atoms with Crippen molar-refractivity contribution in [2.45, 2.75) is 37.0 Å². The van der Waals surface area contributed by atoms with Crippen molar-refractivity contribution in [3.05, 3.63) is 0 Å². The van der Waals surface area contributed by atoms with Crippen LogP contribution in [0.15, 0.2) is 0 Å². The lowest BCUT2D eigenvalue weighted by Gasteiger charge is -2.30. The van der Waals surface area contributed by atoms with Gasteiger partial charge in [-0.05, 0) is 19.1 Å². The summed E-state index contributed by atoms with van der Waals surface area (Å²) in [5, 5.41) is 6.56. The van der Waals surface area contributed by atoms with Gasteiger partial charge in [-0.1, -0.05) is 18.8 Å². The first kappa shape index (κ1) is 13.4. The number of rotatable bonds is 5. The molecule has 1 saturated carbocycles. The van der Waals surface area contributed by atoms with Gasteiger partial charge in [-0.3, -0.25) is 10.1 Å². The predicted molar refractivity (Wildman–Crippen MR) is 69.4 cm³/mol. The number of carbonyl (C=O) groups excluding carboxylic acids is 1. The van der Waals surface area contributed by atoms with E-state index in [4.69, 9.17) is 6.42 Å². The molecule has 1 rings (SSSR count).